The molecule has 0 aliphatic heterocycles. The highest BCUT2D eigenvalue weighted by Crippen LogP contribution is 2.29. The molecule has 132 valence electrons. The number of alkyl halides is 3. The molecule has 5 nitrogen and oxygen atoms in total. The van der Waals surface area contributed by atoms with Crippen molar-refractivity contribution in [3.8, 4) is 0 Å². The van der Waals surface area contributed by atoms with Crippen molar-refractivity contribution in [2.24, 2.45) is 0 Å². The lowest BCUT2D eigenvalue weighted by Gasteiger charge is -2.09. The van der Waals surface area contributed by atoms with E-state index in [9.17, 15) is 22.8 Å². The van der Waals surface area contributed by atoms with Gasteiger partial charge < -0.3 is 5.32 Å². The number of benzene rings is 2. The Morgan fingerprint density at radius 3 is 2.40 bits per heavy atom. The smallest absolute Gasteiger partial charge is 0.324 e. The van der Waals surface area contributed by atoms with Gasteiger partial charge in [0.25, 0.3) is 11.8 Å². The second-order valence-electron chi connectivity index (χ2n) is 4.85. The summed E-state index contributed by atoms with van der Waals surface area (Å²) in [5.74, 6) is -1.46. The minimum absolute atomic E-state index is 0.243. The van der Waals surface area contributed by atoms with E-state index in [1.165, 1.54) is 6.07 Å². The van der Waals surface area contributed by atoms with E-state index in [-0.39, 0.29) is 5.56 Å². The van der Waals surface area contributed by atoms with E-state index in [0.29, 0.717) is 16.8 Å². The summed E-state index contributed by atoms with van der Waals surface area (Å²) in [5, 5.41) is 2.99. The average Bonchev–Trinajstić information content (AvgIpc) is 2.56. The predicted molar refractivity (Wildman–Crippen MR) is 84.9 cm³/mol. The first-order valence-corrected chi connectivity index (χ1v) is 7.28. The van der Waals surface area contributed by atoms with E-state index in [2.05, 4.69) is 5.32 Å². The molecule has 2 amide bonds. The summed E-state index contributed by atoms with van der Waals surface area (Å²) in [5.41, 5.74) is 1.19. The predicted octanol–water partition coefficient (Wildman–Crippen LogP) is 3.66. The van der Waals surface area contributed by atoms with E-state index >= 15 is 0 Å². The molecule has 0 radical (unpaired) electrons. The molecule has 0 heterocycles. The summed E-state index contributed by atoms with van der Waals surface area (Å²) < 4.78 is 37.8. The third kappa shape index (κ3) is 5.77. The van der Waals surface area contributed by atoms with Crippen molar-refractivity contribution >= 4 is 29.1 Å². The van der Waals surface area contributed by atoms with Crippen molar-refractivity contribution in [2.75, 3.05) is 11.9 Å². The molecule has 2 N–H and O–H groups in total. The number of rotatable bonds is 5. The highest BCUT2D eigenvalue weighted by Gasteiger charge is 2.30. The zero-order valence-electron chi connectivity index (χ0n) is 12.6. The van der Waals surface area contributed by atoms with Gasteiger partial charge in [-0.25, -0.2) is 5.48 Å². The van der Waals surface area contributed by atoms with Gasteiger partial charge in [-0.3, -0.25) is 14.4 Å². The van der Waals surface area contributed by atoms with E-state index in [1.54, 1.807) is 24.3 Å². The summed E-state index contributed by atoms with van der Waals surface area (Å²) >= 11 is 5.71. The van der Waals surface area contributed by atoms with Gasteiger partial charge in [0.15, 0.2) is 6.61 Å². The minimum Gasteiger partial charge on any atom is -0.324 e. The molecule has 25 heavy (non-hydrogen) atoms. The van der Waals surface area contributed by atoms with Crippen LogP contribution in [0.4, 0.5) is 18.9 Å². The first-order chi connectivity index (χ1) is 11.8. The van der Waals surface area contributed by atoms with Crippen LogP contribution in [0.25, 0.3) is 0 Å². The van der Waals surface area contributed by atoms with Crippen molar-refractivity contribution in [1.29, 1.82) is 0 Å². The highest BCUT2D eigenvalue weighted by molar-refractivity contribution is 6.30. The van der Waals surface area contributed by atoms with Gasteiger partial charge in [-0.05, 0) is 42.5 Å². The number of halogens is 4. The van der Waals surface area contributed by atoms with Crippen molar-refractivity contribution < 1.29 is 27.6 Å². The van der Waals surface area contributed by atoms with E-state index < -0.39 is 30.2 Å². The Kier molecular flexibility index (Phi) is 6.00. The summed E-state index contributed by atoms with van der Waals surface area (Å²) in [6, 6.07) is 10.1. The van der Waals surface area contributed by atoms with Gasteiger partial charge in [-0.1, -0.05) is 17.7 Å². The molecular weight excluding hydrogens is 361 g/mol. The topological polar surface area (TPSA) is 67.4 Å². The lowest BCUT2D eigenvalue weighted by Crippen LogP contribution is -2.29. The van der Waals surface area contributed by atoms with Gasteiger partial charge in [0, 0.05) is 16.3 Å². The molecule has 0 atom stereocenters. The lowest BCUT2D eigenvalue weighted by atomic mass is 10.1. The van der Waals surface area contributed by atoms with Gasteiger partial charge in [-0.15, -0.1) is 0 Å². The fourth-order valence-electron chi connectivity index (χ4n) is 1.79. The number of carbonyl (C=O) groups is 2. The summed E-state index contributed by atoms with van der Waals surface area (Å²) in [6.45, 7) is -0.521. The zero-order valence-corrected chi connectivity index (χ0v) is 13.3. The molecule has 0 fully saturated rings. The number of carbonyl (C=O) groups excluding carboxylic acids is 2. The Morgan fingerprint density at radius 1 is 1.08 bits per heavy atom. The van der Waals surface area contributed by atoms with Gasteiger partial charge >= 0.3 is 6.18 Å². The van der Waals surface area contributed by atoms with Crippen molar-refractivity contribution in [2.45, 2.75) is 6.18 Å². The SMILES string of the molecule is O=C(CONC(=O)c1cccc(C(F)(F)F)c1)Nc1ccc(Cl)cc1. The van der Waals surface area contributed by atoms with Crippen LogP contribution in [0.3, 0.4) is 0 Å². The van der Waals surface area contributed by atoms with Crippen molar-refractivity contribution in [3.05, 3.63) is 64.7 Å². The molecule has 2 aromatic rings. The molecule has 2 aromatic carbocycles. The third-order valence-electron chi connectivity index (χ3n) is 2.95. The summed E-state index contributed by atoms with van der Waals surface area (Å²) in [7, 11) is 0. The number of hydrogen-bond acceptors (Lipinski definition) is 3. The molecule has 0 saturated carbocycles. The molecule has 0 aliphatic carbocycles. The van der Waals surface area contributed by atoms with Crippen LogP contribution in [-0.2, 0) is 15.8 Å². The fourth-order valence-corrected chi connectivity index (χ4v) is 1.92. The first-order valence-electron chi connectivity index (χ1n) is 6.90. The number of amides is 2. The van der Waals surface area contributed by atoms with Crippen LogP contribution in [0.1, 0.15) is 15.9 Å². The second-order valence-corrected chi connectivity index (χ2v) is 5.29. The molecule has 0 aromatic heterocycles. The number of anilines is 1. The number of hydroxylamine groups is 1. The van der Waals surface area contributed by atoms with E-state index in [1.807, 2.05) is 5.48 Å². The van der Waals surface area contributed by atoms with Crippen LogP contribution in [0.2, 0.25) is 5.02 Å². The molecule has 2 rings (SSSR count). The van der Waals surface area contributed by atoms with Crippen LogP contribution in [0.5, 0.6) is 0 Å². The minimum atomic E-state index is -4.56. The van der Waals surface area contributed by atoms with Crippen LogP contribution >= 0.6 is 11.6 Å². The Balaban J connectivity index is 1.84. The van der Waals surface area contributed by atoms with Crippen LogP contribution in [0.15, 0.2) is 48.5 Å². The Morgan fingerprint density at radius 2 is 1.76 bits per heavy atom. The largest absolute Gasteiger partial charge is 0.416 e. The average molecular weight is 373 g/mol. The molecule has 0 aliphatic rings. The van der Waals surface area contributed by atoms with Crippen molar-refractivity contribution in [3.63, 3.8) is 0 Å². The highest BCUT2D eigenvalue weighted by atomic mass is 35.5. The Labute approximate surface area is 145 Å². The molecule has 0 bridgehead atoms. The molecular formula is C16H12ClF3N2O3. The standard InChI is InChI=1S/C16H12ClF3N2O3/c17-12-4-6-13(7-5-12)21-14(23)9-25-22-15(24)10-2-1-3-11(8-10)16(18,19)20/h1-8H,9H2,(H,21,23)(H,22,24). The lowest BCUT2D eigenvalue weighted by molar-refractivity contribution is -0.137. The first kappa shape index (κ1) is 18.8. The van der Waals surface area contributed by atoms with Crippen LogP contribution in [-0.4, -0.2) is 18.4 Å². The normalized spacial score (nSPS) is 11.0. The maximum absolute atomic E-state index is 12.6. The third-order valence-corrected chi connectivity index (χ3v) is 3.20. The molecule has 9 heteroatoms. The fraction of sp³-hybridized carbons (Fsp3) is 0.125. The van der Waals surface area contributed by atoms with Crippen LogP contribution < -0.4 is 10.8 Å². The monoisotopic (exact) mass is 372 g/mol. The number of hydrogen-bond donors (Lipinski definition) is 2. The quantitative estimate of drug-likeness (QED) is 0.787. The van der Waals surface area contributed by atoms with Crippen LogP contribution in [0, 0.1) is 0 Å². The van der Waals surface area contributed by atoms with E-state index in [4.69, 9.17) is 16.4 Å². The number of nitrogens with one attached hydrogen (secondary N) is 2. The summed E-state index contributed by atoms with van der Waals surface area (Å²) in [6.07, 6.45) is -4.56. The Hall–Kier alpha value is -2.58. The molecule has 0 unspecified atom stereocenters. The maximum Gasteiger partial charge on any atom is 0.416 e. The second kappa shape index (κ2) is 8.00. The van der Waals surface area contributed by atoms with Gasteiger partial charge in [0.1, 0.15) is 0 Å². The van der Waals surface area contributed by atoms with Gasteiger partial charge in [0.05, 0.1) is 5.56 Å². The van der Waals surface area contributed by atoms with Gasteiger partial charge in [0.2, 0.25) is 0 Å². The Bertz CT molecular complexity index is 764. The van der Waals surface area contributed by atoms with E-state index in [0.717, 1.165) is 12.1 Å². The molecule has 0 spiro atoms. The summed E-state index contributed by atoms with van der Waals surface area (Å²) in [4.78, 5) is 28.1. The maximum atomic E-state index is 12.6. The zero-order chi connectivity index (χ0) is 18.4. The van der Waals surface area contributed by atoms with Crippen molar-refractivity contribution in [1.82, 2.24) is 5.48 Å². The molecule has 0 saturated heterocycles. The van der Waals surface area contributed by atoms with Gasteiger partial charge in [-0.2, -0.15) is 13.2 Å².